The van der Waals surface area contributed by atoms with Crippen molar-refractivity contribution in [1.29, 1.82) is 0 Å². The Bertz CT molecular complexity index is 802. The molecule has 2 aliphatic rings. The molecule has 2 amide bonds. The highest BCUT2D eigenvalue weighted by Crippen LogP contribution is 2.27. The Morgan fingerprint density at radius 3 is 2.77 bits per heavy atom. The van der Waals surface area contributed by atoms with E-state index >= 15 is 0 Å². The van der Waals surface area contributed by atoms with E-state index in [9.17, 15) is 9.59 Å². The van der Waals surface area contributed by atoms with Crippen LogP contribution in [-0.2, 0) is 4.79 Å². The Kier molecular flexibility index (Phi) is 4.46. The number of rotatable bonds is 4. The molecule has 2 aliphatic heterocycles. The third-order valence-electron chi connectivity index (χ3n) is 4.99. The van der Waals surface area contributed by atoms with Gasteiger partial charge in [0.1, 0.15) is 0 Å². The molecule has 2 saturated heterocycles. The van der Waals surface area contributed by atoms with Crippen molar-refractivity contribution in [3.8, 4) is 11.3 Å². The van der Waals surface area contributed by atoms with Crippen LogP contribution in [0.5, 0.6) is 0 Å². The van der Waals surface area contributed by atoms with Crippen LogP contribution in [0.15, 0.2) is 34.9 Å². The van der Waals surface area contributed by atoms with Crippen LogP contribution in [-0.4, -0.2) is 47.4 Å². The summed E-state index contributed by atoms with van der Waals surface area (Å²) in [5.74, 6) is 0.912. The van der Waals surface area contributed by atoms with Gasteiger partial charge in [-0.15, -0.1) is 0 Å². The molecule has 136 valence electrons. The minimum atomic E-state index is -0.265. The summed E-state index contributed by atoms with van der Waals surface area (Å²) in [5, 5.41) is 5.76. The third kappa shape index (κ3) is 3.62. The summed E-state index contributed by atoms with van der Waals surface area (Å²) in [5.41, 5.74) is 1.51. The zero-order valence-electron chi connectivity index (χ0n) is 14.7. The minimum absolute atomic E-state index is 0.0823. The number of oxazole rings is 1. The topological polar surface area (TPSA) is 87.5 Å². The molecular weight excluding hydrogens is 332 g/mol. The first kappa shape index (κ1) is 16.8. The summed E-state index contributed by atoms with van der Waals surface area (Å²) >= 11 is 0. The van der Waals surface area contributed by atoms with Gasteiger partial charge in [0, 0.05) is 37.3 Å². The normalized spacial score (nSPS) is 24.3. The van der Waals surface area contributed by atoms with Crippen molar-refractivity contribution in [2.45, 2.75) is 25.8 Å². The lowest BCUT2D eigenvalue weighted by molar-refractivity contribution is -0.114. The second kappa shape index (κ2) is 6.92. The first-order valence-corrected chi connectivity index (χ1v) is 8.94. The molecule has 2 N–H and O–H groups in total. The number of carbonyl (C=O) groups is 2. The van der Waals surface area contributed by atoms with Crippen molar-refractivity contribution >= 4 is 17.5 Å². The van der Waals surface area contributed by atoms with Crippen molar-refractivity contribution < 1.29 is 14.0 Å². The van der Waals surface area contributed by atoms with E-state index in [-0.39, 0.29) is 23.7 Å². The lowest BCUT2D eigenvalue weighted by atomic mass is 9.97. The van der Waals surface area contributed by atoms with Crippen LogP contribution < -0.4 is 10.6 Å². The standard InChI is InChI=1S/C19H22N4O3/c1-12(24)21-15-4-2-14(3-5-15)17-9-20-19(26-17)18(25)22-16-8-13-6-7-23(10-13)11-16/h2-5,9,13,16H,6-8,10-11H2,1H3,(H,21,24)(H,22,25)/t13-,16-/m1/s1. The van der Waals surface area contributed by atoms with Crippen LogP contribution in [0.1, 0.15) is 30.5 Å². The van der Waals surface area contributed by atoms with Crippen LogP contribution in [0.3, 0.4) is 0 Å². The predicted octanol–water partition coefficient (Wildman–Crippen LogP) is 2.12. The highest BCUT2D eigenvalue weighted by atomic mass is 16.4. The van der Waals surface area contributed by atoms with Gasteiger partial charge in [0.25, 0.3) is 5.89 Å². The summed E-state index contributed by atoms with van der Waals surface area (Å²) in [6, 6.07) is 7.37. The van der Waals surface area contributed by atoms with Crippen molar-refractivity contribution in [3.05, 3.63) is 36.4 Å². The fraction of sp³-hybridized carbons (Fsp3) is 0.421. The molecule has 1 aromatic heterocycles. The number of amides is 2. The van der Waals surface area contributed by atoms with E-state index in [1.807, 2.05) is 12.1 Å². The largest absolute Gasteiger partial charge is 0.432 e. The molecule has 2 fully saturated rings. The van der Waals surface area contributed by atoms with Crippen molar-refractivity contribution in [3.63, 3.8) is 0 Å². The number of carbonyl (C=O) groups excluding carboxylic acids is 2. The van der Waals surface area contributed by atoms with Crippen LogP contribution in [0.25, 0.3) is 11.3 Å². The van der Waals surface area contributed by atoms with Gasteiger partial charge in [-0.25, -0.2) is 4.98 Å². The number of nitrogens with zero attached hydrogens (tertiary/aromatic N) is 2. The average Bonchev–Trinajstić information content (AvgIpc) is 3.22. The van der Waals surface area contributed by atoms with Gasteiger partial charge in [-0.1, -0.05) is 0 Å². The van der Waals surface area contributed by atoms with Gasteiger partial charge >= 0.3 is 5.91 Å². The number of fused-ring (bicyclic) bond motifs is 2. The molecule has 1 aromatic carbocycles. The summed E-state index contributed by atoms with van der Waals surface area (Å²) in [6.45, 7) is 4.66. The Labute approximate surface area is 151 Å². The molecule has 0 aliphatic carbocycles. The monoisotopic (exact) mass is 354 g/mol. The number of hydrogen-bond acceptors (Lipinski definition) is 5. The number of nitrogens with one attached hydrogen (secondary N) is 2. The van der Waals surface area contributed by atoms with Crippen LogP contribution in [0.2, 0.25) is 0 Å². The molecule has 7 nitrogen and oxygen atoms in total. The van der Waals surface area contributed by atoms with Gasteiger partial charge in [-0.3, -0.25) is 9.59 Å². The number of aromatic nitrogens is 1. The molecule has 3 atom stereocenters. The Morgan fingerprint density at radius 1 is 1.23 bits per heavy atom. The van der Waals surface area contributed by atoms with Gasteiger partial charge < -0.3 is 20.0 Å². The molecule has 2 aromatic rings. The second-order valence-corrected chi connectivity index (χ2v) is 7.11. The molecule has 0 radical (unpaired) electrons. The Morgan fingerprint density at radius 2 is 2.04 bits per heavy atom. The summed E-state index contributed by atoms with van der Waals surface area (Å²) in [7, 11) is 0. The zero-order valence-corrected chi connectivity index (χ0v) is 14.7. The fourth-order valence-corrected chi connectivity index (χ4v) is 3.84. The highest BCUT2D eigenvalue weighted by molar-refractivity contribution is 5.90. The fourth-order valence-electron chi connectivity index (χ4n) is 3.84. The van der Waals surface area contributed by atoms with E-state index < -0.39 is 0 Å². The van der Waals surface area contributed by atoms with Crippen molar-refractivity contribution in [2.75, 3.05) is 25.0 Å². The molecular formula is C19H22N4O3. The number of piperidine rings is 1. The molecule has 4 rings (SSSR count). The van der Waals surface area contributed by atoms with E-state index in [1.165, 1.54) is 13.3 Å². The molecule has 3 heterocycles. The quantitative estimate of drug-likeness (QED) is 0.878. The van der Waals surface area contributed by atoms with Gasteiger partial charge in [0.2, 0.25) is 5.91 Å². The van der Waals surface area contributed by atoms with Gasteiger partial charge in [0.15, 0.2) is 5.76 Å². The number of benzene rings is 1. The van der Waals surface area contributed by atoms with E-state index in [0.29, 0.717) is 17.4 Å². The van der Waals surface area contributed by atoms with E-state index in [2.05, 4.69) is 20.5 Å². The smallest absolute Gasteiger partial charge is 0.307 e. The zero-order chi connectivity index (χ0) is 18.1. The van der Waals surface area contributed by atoms with Gasteiger partial charge in [-0.05, 0) is 49.6 Å². The maximum absolute atomic E-state index is 12.4. The first-order chi connectivity index (χ1) is 12.6. The lowest BCUT2D eigenvalue weighted by Crippen LogP contribution is -2.47. The third-order valence-corrected chi connectivity index (χ3v) is 4.99. The minimum Gasteiger partial charge on any atom is -0.432 e. The average molecular weight is 354 g/mol. The number of anilines is 1. The molecule has 1 unspecified atom stereocenters. The maximum Gasteiger partial charge on any atom is 0.307 e. The van der Waals surface area contributed by atoms with Gasteiger partial charge in [-0.2, -0.15) is 0 Å². The second-order valence-electron chi connectivity index (χ2n) is 7.11. The summed E-state index contributed by atoms with van der Waals surface area (Å²) in [6.07, 6.45) is 3.81. The molecule has 0 saturated carbocycles. The van der Waals surface area contributed by atoms with Crippen molar-refractivity contribution in [2.24, 2.45) is 5.92 Å². The van der Waals surface area contributed by atoms with Crippen molar-refractivity contribution in [1.82, 2.24) is 15.2 Å². The molecule has 2 bridgehead atoms. The predicted molar refractivity (Wildman–Crippen MR) is 96.7 cm³/mol. The summed E-state index contributed by atoms with van der Waals surface area (Å²) < 4.78 is 5.64. The van der Waals surface area contributed by atoms with E-state index in [1.54, 1.807) is 18.3 Å². The lowest BCUT2D eigenvalue weighted by Gasteiger charge is -2.30. The van der Waals surface area contributed by atoms with Gasteiger partial charge in [0.05, 0.1) is 6.20 Å². The van der Waals surface area contributed by atoms with Crippen LogP contribution in [0.4, 0.5) is 5.69 Å². The Hall–Kier alpha value is -2.67. The van der Waals surface area contributed by atoms with Crippen LogP contribution >= 0.6 is 0 Å². The van der Waals surface area contributed by atoms with E-state index in [4.69, 9.17) is 4.42 Å². The molecule has 26 heavy (non-hydrogen) atoms. The SMILES string of the molecule is CC(=O)Nc1ccc(-c2cnc(C(=O)N[C@@H]3C[C@H]4CCN(C4)C3)o2)cc1. The molecule has 7 heteroatoms. The maximum atomic E-state index is 12.4. The van der Waals surface area contributed by atoms with Crippen LogP contribution in [0, 0.1) is 5.92 Å². The van der Waals surface area contributed by atoms with E-state index in [0.717, 1.165) is 31.6 Å². The Balaban J connectivity index is 1.40. The number of hydrogen-bond donors (Lipinski definition) is 2. The molecule has 0 spiro atoms. The summed E-state index contributed by atoms with van der Waals surface area (Å²) in [4.78, 5) is 30.0. The highest BCUT2D eigenvalue weighted by Gasteiger charge is 2.33. The first-order valence-electron chi connectivity index (χ1n) is 8.94.